The second-order valence-electron chi connectivity index (χ2n) is 6.71. The molecular formula is C22H24N2O4. The first-order valence-electron chi connectivity index (χ1n) is 9.09. The minimum Gasteiger partial charge on any atom is -0.479 e. The van der Waals surface area contributed by atoms with E-state index in [0.717, 1.165) is 5.56 Å². The highest BCUT2D eigenvalue weighted by atomic mass is 16.6. The van der Waals surface area contributed by atoms with E-state index in [1.165, 1.54) is 6.92 Å². The third-order valence-electron chi connectivity index (χ3n) is 4.13. The zero-order valence-electron chi connectivity index (χ0n) is 16.4. The monoisotopic (exact) mass is 380 g/mol. The van der Waals surface area contributed by atoms with Crippen molar-refractivity contribution in [3.63, 3.8) is 0 Å². The highest BCUT2D eigenvalue weighted by Crippen LogP contribution is 2.24. The molecule has 0 aliphatic carbocycles. The van der Waals surface area contributed by atoms with Crippen molar-refractivity contribution in [2.24, 2.45) is 0 Å². The number of rotatable bonds is 7. The molecule has 0 aliphatic heterocycles. The van der Waals surface area contributed by atoms with Crippen molar-refractivity contribution in [2.45, 2.75) is 45.8 Å². The third kappa shape index (κ3) is 5.58. The Labute approximate surface area is 165 Å². The second kappa shape index (κ2) is 9.56. The predicted molar refractivity (Wildman–Crippen MR) is 106 cm³/mol. The van der Waals surface area contributed by atoms with E-state index in [9.17, 15) is 9.59 Å². The van der Waals surface area contributed by atoms with Gasteiger partial charge in [0.25, 0.3) is 5.91 Å². The number of anilines is 1. The average molecular weight is 380 g/mol. The standard InChI is InChI=1S/C22H24N2O4/c1-14(2)19-7-5-6-8-20(19)24-21(25)15(3)28-22(26)16(4)27-18-11-9-17(13-23)10-12-18/h5-12,14-16H,1-4H3,(H,24,25)/t15-,16+/m1/s1. The molecular weight excluding hydrogens is 356 g/mol. The van der Waals surface area contributed by atoms with Gasteiger partial charge >= 0.3 is 5.97 Å². The van der Waals surface area contributed by atoms with Crippen molar-refractivity contribution in [3.05, 3.63) is 59.7 Å². The molecule has 0 radical (unpaired) electrons. The van der Waals surface area contributed by atoms with E-state index in [2.05, 4.69) is 5.32 Å². The lowest BCUT2D eigenvalue weighted by Gasteiger charge is -2.19. The Kier molecular flexibility index (Phi) is 7.16. The van der Waals surface area contributed by atoms with Gasteiger partial charge in [-0.05, 0) is 55.7 Å². The van der Waals surface area contributed by atoms with E-state index >= 15 is 0 Å². The fraction of sp³-hybridized carbons (Fsp3) is 0.318. The maximum absolute atomic E-state index is 12.4. The SMILES string of the molecule is CC(C)c1ccccc1NC(=O)[C@@H](C)OC(=O)[C@H](C)Oc1ccc(C#N)cc1. The summed E-state index contributed by atoms with van der Waals surface area (Å²) in [4.78, 5) is 24.6. The topological polar surface area (TPSA) is 88.4 Å². The van der Waals surface area contributed by atoms with Crippen LogP contribution >= 0.6 is 0 Å². The van der Waals surface area contributed by atoms with E-state index in [4.69, 9.17) is 14.7 Å². The van der Waals surface area contributed by atoms with Crippen LogP contribution in [0.2, 0.25) is 0 Å². The van der Waals surface area contributed by atoms with Crippen LogP contribution in [0.1, 0.15) is 44.7 Å². The lowest BCUT2D eigenvalue weighted by atomic mass is 10.0. The minimum absolute atomic E-state index is 0.246. The molecule has 146 valence electrons. The Morgan fingerprint density at radius 3 is 2.21 bits per heavy atom. The number of nitriles is 1. The van der Waals surface area contributed by atoms with Crippen LogP contribution in [-0.4, -0.2) is 24.1 Å². The number of hydrogen-bond acceptors (Lipinski definition) is 5. The predicted octanol–water partition coefficient (Wildman–Crippen LogP) is 4.02. The van der Waals surface area contributed by atoms with E-state index in [0.29, 0.717) is 17.0 Å². The summed E-state index contributed by atoms with van der Waals surface area (Å²) in [5.41, 5.74) is 2.20. The quantitative estimate of drug-likeness (QED) is 0.733. The number of para-hydroxylation sites is 1. The van der Waals surface area contributed by atoms with Gasteiger partial charge in [-0.25, -0.2) is 4.79 Å². The Hall–Kier alpha value is -3.33. The summed E-state index contributed by atoms with van der Waals surface area (Å²) < 4.78 is 10.7. The van der Waals surface area contributed by atoms with E-state index < -0.39 is 24.1 Å². The van der Waals surface area contributed by atoms with Crippen LogP contribution in [0.3, 0.4) is 0 Å². The summed E-state index contributed by atoms with van der Waals surface area (Å²) in [7, 11) is 0. The van der Waals surface area contributed by atoms with Gasteiger partial charge in [0, 0.05) is 5.69 Å². The lowest BCUT2D eigenvalue weighted by Crippen LogP contribution is -2.35. The van der Waals surface area contributed by atoms with Crippen LogP contribution < -0.4 is 10.1 Å². The maximum Gasteiger partial charge on any atom is 0.347 e. The number of carbonyl (C=O) groups excluding carboxylic acids is 2. The van der Waals surface area contributed by atoms with Gasteiger partial charge < -0.3 is 14.8 Å². The molecule has 6 nitrogen and oxygen atoms in total. The third-order valence-corrected chi connectivity index (χ3v) is 4.13. The molecule has 0 fully saturated rings. The van der Waals surface area contributed by atoms with Gasteiger partial charge in [0.15, 0.2) is 12.2 Å². The molecule has 0 heterocycles. The van der Waals surface area contributed by atoms with E-state index in [1.807, 2.05) is 44.2 Å². The molecule has 0 unspecified atom stereocenters. The number of hydrogen-bond donors (Lipinski definition) is 1. The van der Waals surface area contributed by atoms with Gasteiger partial charge in [0.05, 0.1) is 11.6 Å². The van der Waals surface area contributed by atoms with Crippen molar-refractivity contribution < 1.29 is 19.1 Å². The molecule has 0 saturated carbocycles. The van der Waals surface area contributed by atoms with Gasteiger partial charge in [-0.2, -0.15) is 5.26 Å². The maximum atomic E-state index is 12.4. The van der Waals surface area contributed by atoms with Crippen molar-refractivity contribution in [2.75, 3.05) is 5.32 Å². The molecule has 1 N–H and O–H groups in total. The summed E-state index contributed by atoms with van der Waals surface area (Å²) in [6.45, 7) is 7.13. The number of esters is 1. The Balaban J connectivity index is 1.93. The van der Waals surface area contributed by atoms with Crippen molar-refractivity contribution in [1.82, 2.24) is 0 Å². The van der Waals surface area contributed by atoms with Crippen LogP contribution in [0, 0.1) is 11.3 Å². The molecule has 2 atom stereocenters. The van der Waals surface area contributed by atoms with Crippen LogP contribution in [0.4, 0.5) is 5.69 Å². The van der Waals surface area contributed by atoms with Gasteiger partial charge in [-0.3, -0.25) is 4.79 Å². The number of ether oxygens (including phenoxy) is 2. The van der Waals surface area contributed by atoms with Gasteiger partial charge in [-0.15, -0.1) is 0 Å². The van der Waals surface area contributed by atoms with Gasteiger partial charge in [0.1, 0.15) is 5.75 Å². The van der Waals surface area contributed by atoms with Crippen molar-refractivity contribution >= 4 is 17.6 Å². The lowest BCUT2D eigenvalue weighted by molar-refractivity contribution is -0.159. The van der Waals surface area contributed by atoms with Crippen molar-refractivity contribution in [1.29, 1.82) is 5.26 Å². The van der Waals surface area contributed by atoms with Gasteiger partial charge in [0.2, 0.25) is 0 Å². The molecule has 2 aromatic rings. The normalized spacial score (nSPS) is 12.6. The number of nitrogens with zero attached hydrogens (tertiary/aromatic N) is 1. The molecule has 0 spiro atoms. The molecule has 1 amide bonds. The van der Waals surface area contributed by atoms with Gasteiger partial charge in [-0.1, -0.05) is 32.0 Å². The Morgan fingerprint density at radius 1 is 0.964 bits per heavy atom. The molecule has 0 bridgehead atoms. The first-order chi connectivity index (χ1) is 13.3. The van der Waals surface area contributed by atoms with E-state index in [1.54, 1.807) is 31.2 Å². The number of nitrogens with one attached hydrogen (secondary N) is 1. The summed E-state index contributed by atoms with van der Waals surface area (Å²) in [5, 5.41) is 11.6. The molecule has 2 rings (SSSR count). The highest BCUT2D eigenvalue weighted by Gasteiger charge is 2.24. The minimum atomic E-state index is -0.972. The summed E-state index contributed by atoms with van der Waals surface area (Å²) >= 11 is 0. The number of amides is 1. The largest absolute Gasteiger partial charge is 0.479 e. The first kappa shape index (κ1) is 21.0. The van der Waals surface area contributed by atoms with Crippen LogP contribution in [0.5, 0.6) is 5.75 Å². The van der Waals surface area contributed by atoms with E-state index in [-0.39, 0.29) is 5.92 Å². The smallest absolute Gasteiger partial charge is 0.347 e. The Bertz CT molecular complexity index is 869. The summed E-state index contributed by atoms with van der Waals surface area (Å²) in [6.07, 6.45) is -1.87. The molecule has 28 heavy (non-hydrogen) atoms. The summed E-state index contributed by atoms with van der Waals surface area (Å²) in [5.74, 6) is -0.377. The van der Waals surface area contributed by atoms with Crippen LogP contribution in [0.25, 0.3) is 0 Å². The second-order valence-corrected chi connectivity index (χ2v) is 6.71. The number of benzene rings is 2. The average Bonchev–Trinajstić information content (AvgIpc) is 2.68. The van der Waals surface area contributed by atoms with Crippen LogP contribution in [-0.2, 0) is 14.3 Å². The fourth-order valence-electron chi connectivity index (χ4n) is 2.53. The highest BCUT2D eigenvalue weighted by molar-refractivity contribution is 5.96. The number of carbonyl (C=O) groups is 2. The zero-order chi connectivity index (χ0) is 20.7. The van der Waals surface area contributed by atoms with Crippen LogP contribution in [0.15, 0.2) is 48.5 Å². The zero-order valence-corrected chi connectivity index (χ0v) is 16.4. The molecule has 0 aromatic heterocycles. The Morgan fingerprint density at radius 2 is 1.61 bits per heavy atom. The summed E-state index contributed by atoms with van der Waals surface area (Å²) in [6, 6.07) is 15.9. The molecule has 2 aromatic carbocycles. The molecule has 0 saturated heterocycles. The van der Waals surface area contributed by atoms with Crippen molar-refractivity contribution in [3.8, 4) is 11.8 Å². The molecule has 0 aliphatic rings. The first-order valence-corrected chi connectivity index (χ1v) is 9.09. The molecule has 6 heteroatoms. The fourth-order valence-corrected chi connectivity index (χ4v) is 2.53.